The summed E-state index contributed by atoms with van der Waals surface area (Å²) in [6.07, 6.45) is 1.78. The topological polar surface area (TPSA) is 65.2 Å². The van der Waals surface area contributed by atoms with Gasteiger partial charge < -0.3 is 10.5 Å². The summed E-state index contributed by atoms with van der Waals surface area (Å²) in [5.74, 6) is -0.367. The summed E-state index contributed by atoms with van der Waals surface area (Å²) < 4.78 is 5.37. The zero-order chi connectivity index (χ0) is 14.2. The van der Waals surface area contributed by atoms with Gasteiger partial charge in [0, 0.05) is 6.20 Å². The maximum absolute atomic E-state index is 12.1. The lowest BCUT2D eigenvalue weighted by molar-refractivity contribution is 0.00763. The van der Waals surface area contributed by atoms with Gasteiger partial charge in [-0.1, -0.05) is 0 Å². The van der Waals surface area contributed by atoms with E-state index < -0.39 is 5.60 Å². The summed E-state index contributed by atoms with van der Waals surface area (Å²) in [4.78, 5) is 18.6. The average Bonchev–Trinajstić information content (AvgIpc) is 2.87. The smallest absolute Gasteiger partial charge is 0.351 e. The maximum atomic E-state index is 12.1. The number of thiophene rings is 1. The molecule has 0 atom stereocenters. The zero-order valence-corrected chi connectivity index (χ0v) is 12.9. The van der Waals surface area contributed by atoms with Crippen molar-refractivity contribution < 1.29 is 9.53 Å². The van der Waals surface area contributed by atoms with Crippen LogP contribution in [0.3, 0.4) is 0 Å². The van der Waals surface area contributed by atoms with Crippen LogP contribution < -0.4 is 5.73 Å². The van der Waals surface area contributed by atoms with Crippen LogP contribution in [0.15, 0.2) is 11.7 Å². The first-order valence-electron chi connectivity index (χ1n) is 5.80. The molecule has 0 aromatic carbocycles. The summed E-state index contributed by atoms with van der Waals surface area (Å²) in [6, 6.07) is 0. The molecule has 0 saturated heterocycles. The van der Waals surface area contributed by atoms with E-state index in [1.165, 1.54) is 22.7 Å². The van der Waals surface area contributed by atoms with Gasteiger partial charge in [-0.25, -0.2) is 4.79 Å². The maximum Gasteiger partial charge on any atom is 0.351 e. The Kier molecular flexibility index (Phi) is 3.64. The predicted octanol–water partition coefficient (Wildman–Crippen LogP) is 3.72. The Morgan fingerprint density at radius 3 is 2.63 bits per heavy atom. The van der Waals surface area contributed by atoms with Crippen molar-refractivity contribution in [3.8, 4) is 9.75 Å². The summed E-state index contributed by atoms with van der Waals surface area (Å²) in [5.41, 5.74) is 8.68. The number of aromatic nitrogens is 1. The number of carbonyl (C=O) groups is 1. The molecular weight excluding hydrogens is 280 g/mol. The van der Waals surface area contributed by atoms with Crippen molar-refractivity contribution >= 4 is 34.3 Å². The molecule has 0 aliphatic rings. The molecule has 2 N–H and O–H groups in total. The SMILES string of the molecule is Cc1c(-c2cncs2)sc(C(=O)OC(C)(C)C)c1N. The standard InChI is InChI=1S/C13H16N2O2S2/c1-7-9(14)11(12(16)17-13(2,3)4)19-10(7)8-5-15-6-18-8/h5-6H,14H2,1-4H3. The lowest BCUT2D eigenvalue weighted by atomic mass is 10.2. The van der Waals surface area contributed by atoms with Gasteiger partial charge in [0.25, 0.3) is 0 Å². The number of carbonyl (C=O) groups excluding carboxylic acids is 1. The van der Waals surface area contributed by atoms with Crippen molar-refractivity contribution in [2.45, 2.75) is 33.3 Å². The van der Waals surface area contributed by atoms with Gasteiger partial charge in [0.1, 0.15) is 10.5 Å². The Labute approximate surface area is 120 Å². The monoisotopic (exact) mass is 296 g/mol. The van der Waals surface area contributed by atoms with E-state index in [1.807, 2.05) is 27.7 Å². The van der Waals surface area contributed by atoms with Crippen molar-refractivity contribution in [3.63, 3.8) is 0 Å². The third-order valence-electron chi connectivity index (χ3n) is 2.43. The second-order valence-electron chi connectivity index (χ2n) is 5.17. The van der Waals surface area contributed by atoms with Gasteiger partial charge in [0.05, 0.1) is 21.0 Å². The Balaban J connectivity index is 2.39. The lowest BCUT2D eigenvalue weighted by Gasteiger charge is -2.19. The normalized spacial score (nSPS) is 11.6. The number of nitrogens with two attached hydrogens (primary N) is 1. The van der Waals surface area contributed by atoms with Crippen LogP contribution in [-0.4, -0.2) is 16.6 Å². The Bertz CT molecular complexity index is 595. The Hall–Kier alpha value is -1.40. The molecule has 0 unspecified atom stereocenters. The quantitative estimate of drug-likeness (QED) is 0.858. The summed E-state index contributed by atoms with van der Waals surface area (Å²) in [6.45, 7) is 7.43. The third kappa shape index (κ3) is 2.96. The van der Waals surface area contributed by atoms with Crippen LogP contribution in [0.1, 0.15) is 36.0 Å². The van der Waals surface area contributed by atoms with E-state index in [2.05, 4.69) is 4.98 Å². The molecule has 2 aromatic heterocycles. The number of nitrogen functional groups attached to an aromatic ring is 1. The molecule has 2 heterocycles. The first-order valence-corrected chi connectivity index (χ1v) is 7.50. The van der Waals surface area contributed by atoms with Crippen molar-refractivity contribution in [1.29, 1.82) is 0 Å². The van der Waals surface area contributed by atoms with Gasteiger partial charge in [-0.15, -0.1) is 22.7 Å². The van der Waals surface area contributed by atoms with Crippen LogP contribution in [0, 0.1) is 6.92 Å². The molecule has 0 saturated carbocycles. The first-order chi connectivity index (χ1) is 8.79. The zero-order valence-electron chi connectivity index (χ0n) is 11.3. The minimum atomic E-state index is -0.522. The highest BCUT2D eigenvalue weighted by molar-refractivity contribution is 7.22. The second-order valence-corrected chi connectivity index (χ2v) is 7.07. The van der Waals surface area contributed by atoms with Crippen molar-refractivity contribution in [1.82, 2.24) is 4.98 Å². The summed E-state index contributed by atoms with van der Waals surface area (Å²) >= 11 is 2.89. The van der Waals surface area contributed by atoms with Gasteiger partial charge in [-0.3, -0.25) is 4.98 Å². The first kappa shape index (κ1) is 14.0. The molecule has 0 fully saturated rings. The fourth-order valence-electron chi connectivity index (χ4n) is 1.57. The largest absolute Gasteiger partial charge is 0.456 e. The van der Waals surface area contributed by atoms with Crippen molar-refractivity contribution in [2.24, 2.45) is 0 Å². The highest BCUT2D eigenvalue weighted by Crippen LogP contribution is 2.40. The van der Waals surface area contributed by atoms with Crippen LogP contribution in [0.5, 0.6) is 0 Å². The Morgan fingerprint density at radius 2 is 2.11 bits per heavy atom. The van der Waals surface area contributed by atoms with Gasteiger partial charge in [-0.2, -0.15) is 0 Å². The number of esters is 1. The number of hydrogen-bond donors (Lipinski definition) is 1. The minimum Gasteiger partial charge on any atom is -0.456 e. The molecule has 6 heteroatoms. The molecule has 0 aliphatic carbocycles. The summed E-state index contributed by atoms with van der Waals surface area (Å²) in [5, 5.41) is 0. The van der Waals surface area contributed by atoms with Crippen LogP contribution in [0.25, 0.3) is 9.75 Å². The lowest BCUT2D eigenvalue weighted by Crippen LogP contribution is -2.23. The molecular formula is C13H16N2O2S2. The predicted molar refractivity (Wildman–Crippen MR) is 79.7 cm³/mol. The molecule has 102 valence electrons. The molecule has 0 bridgehead atoms. The highest BCUT2D eigenvalue weighted by atomic mass is 32.1. The number of ether oxygens (including phenoxy) is 1. The van der Waals surface area contributed by atoms with E-state index >= 15 is 0 Å². The van der Waals surface area contributed by atoms with E-state index in [0.29, 0.717) is 10.6 Å². The molecule has 2 rings (SSSR count). The fraction of sp³-hybridized carbons (Fsp3) is 0.385. The van der Waals surface area contributed by atoms with Crippen molar-refractivity contribution in [2.75, 3.05) is 5.73 Å². The molecule has 0 amide bonds. The molecule has 0 spiro atoms. The van der Waals surface area contributed by atoms with Crippen molar-refractivity contribution in [3.05, 3.63) is 22.1 Å². The van der Waals surface area contributed by atoms with Gasteiger partial charge >= 0.3 is 5.97 Å². The fourth-order valence-corrected chi connectivity index (χ4v) is 3.46. The highest BCUT2D eigenvalue weighted by Gasteiger charge is 2.24. The number of anilines is 1. The van der Waals surface area contributed by atoms with E-state index in [1.54, 1.807) is 11.7 Å². The van der Waals surface area contributed by atoms with Gasteiger partial charge in [-0.05, 0) is 33.3 Å². The number of hydrogen-bond acceptors (Lipinski definition) is 6. The number of thiazole rings is 1. The molecule has 0 aliphatic heterocycles. The average molecular weight is 296 g/mol. The number of nitrogens with zero attached hydrogens (tertiary/aromatic N) is 1. The second kappa shape index (κ2) is 4.94. The van der Waals surface area contributed by atoms with E-state index in [-0.39, 0.29) is 5.97 Å². The minimum absolute atomic E-state index is 0.367. The van der Waals surface area contributed by atoms with Crippen LogP contribution >= 0.6 is 22.7 Å². The van der Waals surface area contributed by atoms with E-state index in [9.17, 15) is 4.79 Å². The third-order valence-corrected chi connectivity index (χ3v) is 4.67. The van der Waals surface area contributed by atoms with Crippen LogP contribution in [0.4, 0.5) is 5.69 Å². The van der Waals surface area contributed by atoms with Gasteiger partial charge in [0.2, 0.25) is 0 Å². The molecule has 4 nitrogen and oxygen atoms in total. The number of rotatable bonds is 2. The summed E-state index contributed by atoms with van der Waals surface area (Å²) in [7, 11) is 0. The molecule has 2 aromatic rings. The molecule has 0 radical (unpaired) electrons. The van der Waals surface area contributed by atoms with E-state index in [4.69, 9.17) is 10.5 Å². The Morgan fingerprint density at radius 1 is 1.42 bits per heavy atom. The van der Waals surface area contributed by atoms with Gasteiger partial charge in [0.15, 0.2) is 0 Å². The molecule has 19 heavy (non-hydrogen) atoms. The van der Waals surface area contributed by atoms with E-state index in [0.717, 1.165) is 15.3 Å². The van der Waals surface area contributed by atoms with Crippen LogP contribution in [0.2, 0.25) is 0 Å². The van der Waals surface area contributed by atoms with Crippen LogP contribution in [-0.2, 0) is 4.74 Å².